The average Bonchev–Trinajstić information content (AvgIpc) is 2.94. The molecule has 0 aliphatic heterocycles. The van der Waals surface area contributed by atoms with E-state index in [0.717, 1.165) is 41.9 Å². The summed E-state index contributed by atoms with van der Waals surface area (Å²) in [5.74, 6) is -0.715. The van der Waals surface area contributed by atoms with Gasteiger partial charge < -0.3 is 5.11 Å². The van der Waals surface area contributed by atoms with Crippen molar-refractivity contribution in [3.8, 4) is 10.6 Å². The number of aromatic nitrogens is 1. The van der Waals surface area contributed by atoms with Crippen LogP contribution in [0.1, 0.15) is 56.2 Å². The number of rotatable bonds is 7. The Balaban J connectivity index is 0.00000127. The van der Waals surface area contributed by atoms with E-state index in [0.29, 0.717) is 0 Å². The van der Waals surface area contributed by atoms with E-state index in [1.165, 1.54) is 10.4 Å². The molecule has 0 bridgehead atoms. The zero-order valence-electron chi connectivity index (χ0n) is 14.6. The van der Waals surface area contributed by atoms with E-state index in [9.17, 15) is 4.79 Å². The van der Waals surface area contributed by atoms with Gasteiger partial charge in [-0.25, -0.2) is 4.98 Å². The van der Waals surface area contributed by atoms with E-state index in [1.807, 2.05) is 20.8 Å². The standard InChI is InChI=1S/C17H21NO2S.C2H6/c1-3-13-8-10-14(11-9-13)17-18-12(2)15(21-17)6-4-5-7-16(19)20;1-2/h8-11H,3-7H2,1-2H3,(H,19,20);1-2H3. The van der Waals surface area contributed by atoms with Gasteiger partial charge in [-0.3, -0.25) is 4.79 Å². The average molecular weight is 333 g/mol. The molecule has 0 spiro atoms. The van der Waals surface area contributed by atoms with Gasteiger partial charge in [-0.2, -0.15) is 0 Å². The van der Waals surface area contributed by atoms with E-state index in [4.69, 9.17) is 5.11 Å². The van der Waals surface area contributed by atoms with Crippen LogP contribution in [0.25, 0.3) is 10.6 Å². The SMILES string of the molecule is CC.CCc1ccc(-c2nc(C)c(CCCCC(=O)O)s2)cc1. The molecule has 3 nitrogen and oxygen atoms in total. The Labute approximate surface area is 143 Å². The van der Waals surface area contributed by atoms with Crippen molar-refractivity contribution < 1.29 is 9.90 Å². The number of aryl methyl sites for hydroxylation is 3. The predicted octanol–water partition coefficient (Wildman–Crippen LogP) is 5.50. The lowest BCUT2D eigenvalue weighted by atomic mass is 10.1. The van der Waals surface area contributed by atoms with Crippen molar-refractivity contribution in [3.05, 3.63) is 40.4 Å². The highest BCUT2D eigenvalue weighted by molar-refractivity contribution is 7.15. The number of carbonyl (C=O) groups is 1. The Morgan fingerprint density at radius 1 is 1.17 bits per heavy atom. The summed E-state index contributed by atoms with van der Waals surface area (Å²) in [6.07, 6.45) is 3.86. The number of carboxylic acid groups (broad SMARTS) is 1. The minimum atomic E-state index is -0.715. The molecule has 0 saturated carbocycles. The topological polar surface area (TPSA) is 50.2 Å². The molecule has 0 unspecified atom stereocenters. The van der Waals surface area contributed by atoms with Gasteiger partial charge in [-0.1, -0.05) is 45.0 Å². The molecule has 1 aromatic carbocycles. The van der Waals surface area contributed by atoms with Gasteiger partial charge in [0.05, 0.1) is 5.69 Å². The molecular formula is C19H27NO2S. The maximum atomic E-state index is 10.5. The third kappa shape index (κ3) is 6.14. The molecule has 0 aliphatic rings. The van der Waals surface area contributed by atoms with E-state index in [2.05, 4.69) is 36.2 Å². The first kappa shape index (κ1) is 19.4. The van der Waals surface area contributed by atoms with Crippen molar-refractivity contribution in [1.29, 1.82) is 0 Å². The fourth-order valence-corrected chi connectivity index (χ4v) is 3.34. The zero-order chi connectivity index (χ0) is 17.2. The molecular weight excluding hydrogens is 306 g/mol. The van der Waals surface area contributed by atoms with Crippen LogP contribution < -0.4 is 0 Å². The van der Waals surface area contributed by atoms with Crippen LogP contribution in [0.3, 0.4) is 0 Å². The first-order valence-corrected chi connectivity index (χ1v) is 9.19. The van der Waals surface area contributed by atoms with Crippen molar-refractivity contribution in [2.75, 3.05) is 0 Å². The van der Waals surface area contributed by atoms with Crippen LogP contribution in [0, 0.1) is 6.92 Å². The number of benzene rings is 1. The van der Waals surface area contributed by atoms with E-state index in [-0.39, 0.29) is 6.42 Å². The first-order valence-electron chi connectivity index (χ1n) is 8.37. The van der Waals surface area contributed by atoms with E-state index in [1.54, 1.807) is 11.3 Å². The summed E-state index contributed by atoms with van der Waals surface area (Å²) in [5, 5.41) is 9.71. The van der Waals surface area contributed by atoms with Gasteiger partial charge in [0.1, 0.15) is 5.01 Å². The number of hydrogen-bond donors (Lipinski definition) is 1. The third-order valence-corrected chi connectivity index (χ3v) is 4.81. The Bertz CT molecular complexity index is 602. The Morgan fingerprint density at radius 2 is 1.83 bits per heavy atom. The summed E-state index contributed by atoms with van der Waals surface area (Å²) in [4.78, 5) is 16.4. The van der Waals surface area contributed by atoms with Gasteiger partial charge >= 0.3 is 5.97 Å². The van der Waals surface area contributed by atoms with Gasteiger partial charge in [0.2, 0.25) is 0 Å². The minimum absolute atomic E-state index is 0.253. The molecule has 0 radical (unpaired) electrons. The van der Waals surface area contributed by atoms with Crippen LogP contribution in [0.5, 0.6) is 0 Å². The van der Waals surface area contributed by atoms with Crippen molar-refractivity contribution in [2.24, 2.45) is 0 Å². The molecule has 23 heavy (non-hydrogen) atoms. The molecule has 1 aromatic heterocycles. The summed E-state index contributed by atoms with van der Waals surface area (Å²) in [5.41, 5.74) is 3.57. The maximum Gasteiger partial charge on any atom is 0.303 e. The maximum absolute atomic E-state index is 10.5. The number of hydrogen-bond acceptors (Lipinski definition) is 3. The lowest BCUT2D eigenvalue weighted by molar-refractivity contribution is -0.137. The molecule has 0 saturated heterocycles. The summed E-state index contributed by atoms with van der Waals surface area (Å²) in [6.45, 7) is 8.19. The fraction of sp³-hybridized carbons (Fsp3) is 0.474. The Kier molecular flexibility index (Phi) is 8.56. The van der Waals surface area contributed by atoms with Crippen LogP contribution in [0.15, 0.2) is 24.3 Å². The summed E-state index contributed by atoms with van der Waals surface area (Å²) in [6, 6.07) is 8.56. The second-order valence-electron chi connectivity index (χ2n) is 5.18. The van der Waals surface area contributed by atoms with Gasteiger partial charge in [0.15, 0.2) is 0 Å². The van der Waals surface area contributed by atoms with Crippen LogP contribution >= 0.6 is 11.3 Å². The Morgan fingerprint density at radius 3 is 2.39 bits per heavy atom. The highest BCUT2D eigenvalue weighted by atomic mass is 32.1. The monoisotopic (exact) mass is 333 g/mol. The number of thiazole rings is 1. The van der Waals surface area contributed by atoms with Crippen LogP contribution in [0.2, 0.25) is 0 Å². The predicted molar refractivity (Wildman–Crippen MR) is 98.2 cm³/mol. The number of aliphatic carboxylic acids is 1. The number of carboxylic acids is 1. The highest BCUT2D eigenvalue weighted by Crippen LogP contribution is 2.29. The quantitative estimate of drug-likeness (QED) is 0.680. The summed E-state index contributed by atoms with van der Waals surface area (Å²) in [7, 11) is 0. The van der Waals surface area contributed by atoms with Crippen LogP contribution in [0.4, 0.5) is 0 Å². The molecule has 0 aliphatic carbocycles. The molecule has 2 aromatic rings. The smallest absolute Gasteiger partial charge is 0.303 e. The van der Waals surface area contributed by atoms with Crippen LogP contribution in [-0.2, 0) is 17.6 Å². The molecule has 126 valence electrons. The molecule has 1 heterocycles. The van der Waals surface area contributed by atoms with Crippen molar-refractivity contribution in [2.45, 2.75) is 59.8 Å². The van der Waals surface area contributed by atoms with Crippen molar-refractivity contribution in [3.63, 3.8) is 0 Å². The van der Waals surface area contributed by atoms with E-state index >= 15 is 0 Å². The van der Waals surface area contributed by atoms with Gasteiger partial charge in [0.25, 0.3) is 0 Å². The molecule has 1 N–H and O–H groups in total. The molecule has 0 atom stereocenters. The van der Waals surface area contributed by atoms with Gasteiger partial charge in [0, 0.05) is 16.9 Å². The second kappa shape index (κ2) is 10.2. The molecule has 0 fully saturated rings. The third-order valence-electron chi connectivity index (χ3n) is 3.55. The summed E-state index contributed by atoms with van der Waals surface area (Å²) >= 11 is 1.73. The fourth-order valence-electron chi connectivity index (χ4n) is 2.23. The summed E-state index contributed by atoms with van der Waals surface area (Å²) < 4.78 is 0. The number of nitrogens with zero attached hydrogens (tertiary/aromatic N) is 1. The normalized spacial score (nSPS) is 10.1. The van der Waals surface area contributed by atoms with Crippen molar-refractivity contribution >= 4 is 17.3 Å². The van der Waals surface area contributed by atoms with Crippen molar-refractivity contribution in [1.82, 2.24) is 4.98 Å². The van der Waals surface area contributed by atoms with Crippen LogP contribution in [-0.4, -0.2) is 16.1 Å². The molecule has 4 heteroatoms. The second-order valence-corrected chi connectivity index (χ2v) is 6.26. The highest BCUT2D eigenvalue weighted by Gasteiger charge is 2.09. The largest absolute Gasteiger partial charge is 0.481 e. The molecule has 2 rings (SSSR count). The lowest BCUT2D eigenvalue weighted by Crippen LogP contribution is -1.94. The number of unbranched alkanes of at least 4 members (excludes halogenated alkanes) is 1. The Hall–Kier alpha value is -1.68. The minimum Gasteiger partial charge on any atom is -0.481 e. The van der Waals surface area contributed by atoms with E-state index < -0.39 is 5.97 Å². The van der Waals surface area contributed by atoms with Gasteiger partial charge in [-0.15, -0.1) is 11.3 Å². The lowest BCUT2D eigenvalue weighted by Gasteiger charge is -1.99. The zero-order valence-corrected chi connectivity index (χ0v) is 15.4. The first-order chi connectivity index (χ1) is 11.1. The van der Waals surface area contributed by atoms with Gasteiger partial charge in [-0.05, 0) is 38.2 Å². The molecule has 0 amide bonds.